The van der Waals surface area contributed by atoms with Gasteiger partial charge in [-0.1, -0.05) is 0 Å². The fourth-order valence-corrected chi connectivity index (χ4v) is 0.515. The molecule has 0 spiro atoms. The molecule has 9 heavy (non-hydrogen) atoms. The van der Waals surface area contributed by atoms with Crippen molar-refractivity contribution in [1.29, 1.82) is 0 Å². The Morgan fingerprint density at radius 2 is 2.11 bits per heavy atom. The molecule has 4 heteroatoms. The Balaban J connectivity index is 3.27. The highest BCUT2D eigenvalue weighted by Gasteiger charge is 2.03. The van der Waals surface area contributed by atoms with Crippen LogP contribution in [0.1, 0.15) is 13.8 Å². The van der Waals surface area contributed by atoms with Crippen LogP contribution in [0.2, 0.25) is 6.55 Å². The summed E-state index contributed by atoms with van der Waals surface area (Å²) >= 11 is 0. The minimum atomic E-state index is -0.578. The smallest absolute Gasteiger partial charge is 0.487 e. The quantitative estimate of drug-likeness (QED) is 0.434. The van der Waals surface area contributed by atoms with E-state index in [0.29, 0.717) is 0 Å². The Morgan fingerprint density at radius 3 is 2.44 bits per heavy atom. The fourth-order valence-electron chi connectivity index (χ4n) is 0.300. The number of carbonyl (C=O) groups excluding carboxylic acids is 1. The first-order chi connectivity index (χ1) is 4.16. The topological polar surface area (TPSA) is 35.5 Å². The average Bonchev–Trinajstić information content (AvgIpc) is 1.63. The molecular weight excluding hydrogens is 136 g/mol. The number of hydrogen-bond acceptors (Lipinski definition) is 3. The van der Waals surface area contributed by atoms with E-state index in [9.17, 15) is 4.79 Å². The lowest BCUT2D eigenvalue weighted by atomic mass is 10.5. The highest BCUT2D eigenvalue weighted by molar-refractivity contribution is 6.27. The fraction of sp³-hybridized carbons (Fsp3) is 0.800. The van der Waals surface area contributed by atoms with Crippen molar-refractivity contribution >= 4 is 15.9 Å². The van der Waals surface area contributed by atoms with Crippen LogP contribution in [0.3, 0.4) is 0 Å². The van der Waals surface area contributed by atoms with Crippen LogP contribution < -0.4 is 0 Å². The van der Waals surface area contributed by atoms with Crippen LogP contribution in [-0.2, 0) is 9.16 Å². The number of ether oxygens (including phenoxy) is 1. The molecule has 0 atom stereocenters. The van der Waals surface area contributed by atoms with Crippen molar-refractivity contribution in [3.63, 3.8) is 0 Å². The normalized spacial score (nSPS) is 9.33. The molecule has 52 valence electrons. The van der Waals surface area contributed by atoms with Crippen molar-refractivity contribution in [1.82, 2.24) is 0 Å². The second kappa shape index (κ2) is 4.37. The van der Waals surface area contributed by atoms with E-state index < -0.39 is 6.16 Å². The number of carbonyl (C=O) groups is 1. The minimum absolute atomic E-state index is 0.0890. The Labute approximate surface area is 57.3 Å². The lowest BCUT2D eigenvalue weighted by Gasteiger charge is -2.05. The maximum absolute atomic E-state index is 10.4. The summed E-state index contributed by atoms with van der Waals surface area (Å²) in [5, 5.41) is 0. The van der Waals surface area contributed by atoms with Crippen molar-refractivity contribution in [2.45, 2.75) is 26.5 Å². The van der Waals surface area contributed by atoms with E-state index >= 15 is 0 Å². The largest absolute Gasteiger partial charge is 0.494 e. The Hall–Kier alpha value is -0.513. The van der Waals surface area contributed by atoms with Gasteiger partial charge in [0.25, 0.3) is 0 Å². The predicted octanol–water partition coefficient (Wildman–Crippen LogP) is 1.22. The minimum Gasteiger partial charge on any atom is -0.487 e. The molecule has 0 aromatic rings. The van der Waals surface area contributed by atoms with E-state index in [1.807, 2.05) is 0 Å². The summed E-state index contributed by atoms with van der Waals surface area (Å²) in [5.74, 6) is 0. The summed E-state index contributed by atoms with van der Waals surface area (Å²) in [4.78, 5) is 10.4. The predicted molar refractivity (Wildman–Crippen MR) is 34.3 cm³/mol. The Kier molecular flexibility index (Phi) is 4.12. The van der Waals surface area contributed by atoms with Gasteiger partial charge in [-0.25, -0.2) is 4.79 Å². The average molecular weight is 146 g/mol. The molecule has 0 N–H and O–H groups in total. The van der Waals surface area contributed by atoms with Gasteiger partial charge in [0.05, 0.1) is 6.10 Å². The number of hydrogen-bond donors (Lipinski definition) is 0. The Bertz CT molecular complexity index is 92.2. The SMILES string of the molecule is C[Si]OC(=O)OC(C)C. The van der Waals surface area contributed by atoms with Gasteiger partial charge in [0.2, 0.25) is 0 Å². The van der Waals surface area contributed by atoms with Crippen molar-refractivity contribution in [3.05, 3.63) is 0 Å². The van der Waals surface area contributed by atoms with Gasteiger partial charge in [-0.15, -0.1) is 0 Å². The van der Waals surface area contributed by atoms with Crippen LogP contribution in [-0.4, -0.2) is 22.0 Å². The van der Waals surface area contributed by atoms with Crippen LogP contribution in [0, 0.1) is 0 Å². The van der Waals surface area contributed by atoms with Crippen molar-refractivity contribution < 1.29 is 14.0 Å². The second-order valence-electron chi connectivity index (χ2n) is 1.72. The van der Waals surface area contributed by atoms with E-state index in [1.54, 1.807) is 20.4 Å². The van der Waals surface area contributed by atoms with Gasteiger partial charge in [-0.3, -0.25) is 0 Å². The molecule has 3 nitrogen and oxygen atoms in total. The number of rotatable bonds is 2. The molecule has 2 radical (unpaired) electrons. The van der Waals surface area contributed by atoms with Crippen LogP contribution in [0.4, 0.5) is 4.79 Å². The van der Waals surface area contributed by atoms with Crippen LogP contribution in [0.25, 0.3) is 0 Å². The Morgan fingerprint density at radius 1 is 1.56 bits per heavy atom. The summed E-state index contributed by atoms with van der Waals surface area (Å²) in [5.41, 5.74) is 0. The summed E-state index contributed by atoms with van der Waals surface area (Å²) in [6, 6.07) is 0. The molecule has 0 rings (SSSR count). The van der Waals surface area contributed by atoms with Gasteiger partial charge in [-0.2, -0.15) is 0 Å². The molecule has 0 heterocycles. The van der Waals surface area contributed by atoms with E-state index in [2.05, 4.69) is 9.16 Å². The first kappa shape index (κ1) is 8.49. The third-order valence-corrected chi connectivity index (χ3v) is 0.888. The zero-order valence-corrected chi connectivity index (χ0v) is 6.80. The van der Waals surface area contributed by atoms with Gasteiger partial charge >= 0.3 is 15.9 Å². The van der Waals surface area contributed by atoms with Crippen molar-refractivity contribution in [2.24, 2.45) is 0 Å². The van der Waals surface area contributed by atoms with Crippen LogP contribution in [0.5, 0.6) is 0 Å². The monoisotopic (exact) mass is 146 g/mol. The van der Waals surface area contributed by atoms with Gasteiger partial charge in [0.15, 0.2) is 0 Å². The van der Waals surface area contributed by atoms with E-state index in [-0.39, 0.29) is 15.9 Å². The molecule has 0 aliphatic carbocycles. The van der Waals surface area contributed by atoms with E-state index in [4.69, 9.17) is 0 Å². The van der Waals surface area contributed by atoms with Gasteiger partial charge in [0.1, 0.15) is 0 Å². The molecule has 0 aromatic carbocycles. The molecule has 0 aliphatic heterocycles. The summed E-state index contributed by atoms with van der Waals surface area (Å²) in [7, 11) is 0.163. The third kappa shape index (κ3) is 5.36. The first-order valence-electron chi connectivity index (χ1n) is 2.71. The molecule has 0 amide bonds. The standard InChI is InChI=1S/C5H10O3Si/c1-4(2)7-5(6)8-9-3/h4H,1-3H3. The maximum atomic E-state index is 10.4. The molecule has 0 saturated heterocycles. The van der Waals surface area contributed by atoms with Crippen molar-refractivity contribution in [3.8, 4) is 0 Å². The zero-order chi connectivity index (χ0) is 7.28. The lowest BCUT2D eigenvalue weighted by Crippen LogP contribution is -2.13. The second-order valence-corrected chi connectivity index (χ2v) is 2.34. The highest BCUT2D eigenvalue weighted by atomic mass is 28.2. The van der Waals surface area contributed by atoms with Gasteiger partial charge < -0.3 is 9.16 Å². The third-order valence-electron chi connectivity index (χ3n) is 0.517. The zero-order valence-electron chi connectivity index (χ0n) is 5.80. The van der Waals surface area contributed by atoms with Crippen LogP contribution in [0.15, 0.2) is 0 Å². The summed E-state index contributed by atoms with van der Waals surface area (Å²) < 4.78 is 9.16. The van der Waals surface area contributed by atoms with Crippen molar-refractivity contribution in [2.75, 3.05) is 0 Å². The highest BCUT2D eigenvalue weighted by Crippen LogP contribution is 1.90. The van der Waals surface area contributed by atoms with Gasteiger partial charge in [0, 0.05) is 0 Å². The van der Waals surface area contributed by atoms with E-state index in [1.165, 1.54) is 0 Å². The molecule has 0 fully saturated rings. The first-order valence-corrected chi connectivity index (χ1v) is 4.12. The van der Waals surface area contributed by atoms with E-state index in [0.717, 1.165) is 0 Å². The molecule has 0 aromatic heterocycles. The summed E-state index contributed by atoms with van der Waals surface area (Å²) in [6.07, 6.45) is -0.667. The van der Waals surface area contributed by atoms with Crippen LogP contribution >= 0.6 is 0 Å². The lowest BCUT2D eigenvalue weighted by molar-refractivity contribution is 0.0744. The molecule has 0 aliphatic rings. The molecular formula is C5H10O3Si. The van der Waals surface area contributed by atoms with Gasteiger partial charge in [-0.05, 0) is 20.4 Å². The summed E-state index contributed by atoms with van der Waals surface area (Å²) in [6.45, 7) is 5.32. The molecule has 0 bridgehead atoms. The maximum Gasteiger partial charge on any atom is 0.494 e. The molecule has 0 saturated carbocycles. The molecule has 0 unspecified atom stereocenters.